The molecular weight excluding hydrogens is 296 g/mol. The molecule has 1 heterocycles. The van der Waals surface area contributed by atoms with E-state index in [2.05, 4.69) is 5.32 Å². The van der Waals surface area contributed by atoms with E-state index in [9.17, 15) is 18.0 Å². The van der Waals surface area contributed by atoms with Gasteiger partial charge in [0.1, 0.15) is 10.9 Å². The minimum Gasteiger partial charge on any atom is -0.398 e. The Morgan fingerprint density at radius 3 is 2.57 bits per heavy atom. The largest absolute Gasteiger partial charge is 0.398 e. The number of anilines is 2. The second-order valence-corrected chi connectivity index (χ2v) is 6.35. The molecule has 1 aliphatic rings. The summed E-state index contributed by atoms with van der Waals surface area (Å²) < 4.78 is 22.5. The van der Waals surface area contributed by atoms with Crippen molar-refractivity contribution in [3.63, 3.8) is 0 Å². The molecule has 1 aromatic rings. The molecule has 0 saturated carbocycles. The van der Waals surface area contributed by atoms with Crippen molar-refractivity contribution < 1.29 is 18.0 Å². The van der Waals surface area contributed by atoms with Gasteiger partial charge in [-0.3, -0.25) is 14.5 Å². The number of hydrogen-bond acceptors (Lipinski definition) is 6. The van der Waals surface area contributed by atoms with E-state index in [0.717, 1.165) is 4.90 Å². The van der Waals surface area contributed by atoms with Gasteiger partial charge in [0.15, 0.2) is 0 Å². The lowest BCUT2D eigenvalue weighted by atomic mass is 10.0. The number of benzene rings is 1. The highest BCUT2D eigenvalue weighted by Gasteiger charge is 2.31. The average Bonchev–Trinajstić information content (AvgIpc) is 2.38. The molecule has 1 saturated heterocycles. The number of imide groups is 1. The van der Waals surface area contributed by atoms with Crippen molar-refractivity contribution in [1.82, 2.24) is 4.90 Å². The van der Waals surface area contributed by atoms with Crippen LogP contribution in [0.5, 0.6) is 0 Å². The lowest BCUT2D eigenvalue weighted by Gasteiger charge is -2.28. The molecule has 5 N–H and O–H groups in total. The molecule has 21 heavy (non-hydrogen) atoms. The van der Waals surface area contributed by atoms with Crippen LogP contribution in [0.2, 0.25) is 0 Å². The molecule has 1 aromatic carbocycles. The number of likely N-dealkylation sites (tertiary alicyclic amines) is 1. The maximum atomic E-state index is 11.9. The van der Waals surface area contributed by atoms with E-state index in [-0.39, 0.29) is 28.8 Å². The molecule has 8 nitrogen and oxygen atoms in total. The van der Waals surface area contributed by atoms with E-state index in [4.69, 9.17) is 10.9 Å². The first-order valence-electron chi connectivity index (χ1n) is 6.19. The number of carbonyl (C=O) groups is 2. The third kappa shape index (κ3) is 3.14. The monoisotopic (exact) mass is 312 g/mol. The number of carbonyl (C=O) groups excluding carboxylic acids is 2. The highest BCUT2D eigenvalue weighted by Crippen LogP contribution is 2.23. The summed E-state index contributed by atoms with van der Waals surface area (Å²) in [4.78, 5) is 24.2. The Bertz CT molecular complexity index is 701. The average molecular weight is 312 g/mol. The predicted octanol–water partition coefficient (Wildman–Crippen LogP) is -0.524. The zero-order chi connectivity index (χ0) is 15.8. The summed E-state index contributed by atoms with van der Waals surface area (Å²) >= 11 is 0. The second kappa shape index (κ2) is 5.34. The number of amides is 2. The fourth-order valence-corrected chi connectivity index (χ4v) is 2.79. The van der Waals surface area contributed by atoms with Gasteiger partial charge in [-0.25, -0.2) is 13.6 Å². The maximum Gasteiger partial charge on any atom is 0.251 e. The third-order valence-corrected chi connectivity index (χ3v) is 4.29. The Labute approximate surface area is 122 Å². The highest BCUT2D eigenvalue weighted by molar-refractivity contribution is 7.89. The zero-order valence-corrected chi connectivity index (χ0v) is 12.2. The number of nitrogens with one attached hydrogen (secondary N) is 1. The van der Waals surface area contributed by atoms with Crippen LogP contribution in [0.15, 0.2) is 23.1 Å². The summed E-state index contributed by atoms with van der Waals surface area (Å²) in [5, 5.41) is 7.96. The van der Waals surface area contributed by atoms with Crippen LogP contribution in [0.4, 0.5) is 11.4 Å². The van der Waals surface area contributed by atoms with E-state index in [1.54, 1.807) is 0 Å². The van der Waals surface area contributed by atoms with E-state index in [1.807, 2.05) is 0 Å². The molecule has 2 amide bonds. The van der Waals surface area contributed by atoms with Crippen LogP contribution in [-0.2, 0) is 19.6 Å². The number of piperidine rings is 1. The summed E-state index contributed by atoms with van der Waals surface area (Å²) in [7, 11) is -2.46. The molecule has 0 aromatic heterocycles. The summed E-state index contributed by atoms with van der Waals surface area (Å²) in [6, 6.07) is 3.59. The minimum absolute atomic E-state index is 0.00445. The predicted molar refractivity (Wildman–Crippen MR) is 76.6 cm³/mol. The molecule has 0 aliphatic carbocycles. The van der Waals surface area contributed by atoms with Gasteiger partial charge in [-0.2, -0.15) is 0 Å². The quantitative estimate of drug-likeness (QED) is 0.507. The van der Waals surface area contributed by atoms with E-state index >= 15 is 0 Å². The standard InChI is InChI=1S/C12H16N4O4S/c1-16-11(17)5-3-9(12(16)18)15-7-2-4-10(8(13)6-7)21(14,19)20/h2,4,6,9,15H,3,5,13H2,1H3,(H2,14,19,20). The molecule has 1 unspecified atom stereocenters. The first kappa shape index (κ1) is 15.3. The summed E-state index contributed by atoms with van der Waals surface area (Å²) in [6.45, 7) is 0. The summed E-state index contributed by atoms with van der Waals surface area (Å²) in [5.41, 5.74) is 6.13. The maximum absolute atomic E-state index is 11.9. The lowest BCUT2D eigenvalue weighted by molar-refractivity contribution is -0.146. The van der Waals surface area contributed by atoms with E-state index in [0.29, 0.717) is 12.1 Å². The van der Waals surface area contributed by atoms with Crippen molar-refractivity contribution in [2.75, 3.05) is 18.1 Å². The van der Waals surface area contributed by atoms with Gasteiger partial charge < -0.3 is 11.1 Å². The van der Waals surface area contributed by atoms with Gasteiger partial charge in [0.2, 0.25) is 15.9 Å². The summed E-state index contributed by atoms with van der Waals surface area (Å²) in [5.74, 6) is -0.553. The van der Waals surface area contributed by atoms with Gasteiger partial charge in [-0.05, 0) is 24.6 Å². The Balaban J connectivity index is 2.20. The number of nitrogens with zero attached hydrogens (tertiary/aromatic N) is 1. The number of nitrogen functional groups attached to an aromatic ring is 1. The number of likely N-dealkylation sites (N-methyl/N-ethyl adjacent to an activating group) is 1. The van der Waals surface area contributed by atoms with Crippen LogP contribution >= 0.6 is 0 Å². The molecule has 0 spiro atoms. The van der Waals surface area contributed by atoms with Gasteiger partial charge in [0, 0.05) is 19.2 Å². The van der Waals surface area contributed by atoms with Gasteiger partial charge in [0.25, 0.3) is 5.91 Å². The van der Waals surface area contributed by atoms with Gasteiger partial charge in [0.05, 0.1) is 5.69 Å². The molecule has 114 valence electrons. The van der Waals surface area contributed by atoms with Gasteiger partial charge in [-0.15, -0.1) is 0 Å². The number of sulfonamides is 1. The summed E-state index contributed by atoms with van der Waals surface area (Å²) in [6.07, 6.45) is 0.642. The molecule has 1 fully saturated rings. The molecule has 9 heteroatoms. The molecule has 1 aliphatic heterocycles. The number of primary sulfonamides is 1. The Morgan fingerprint density at radius 2 is 2.00 bits per heavy atom. The Kier molecular flexibility index (Phi) is 3.88. The molecule has 1 atom stereocenters. The SMILES string of the molecule is CN1C(=O)CCC(Nc2ccc(S(N)(=O)=O)c(N)c2)C1=O. The van der Waals surface area contributed by atoms with Crippen molar-refractivity contribution >= 4 is 33.2 Å². The minimum atomic E-state index is -3.88. The number of nitrogens with two attached hydrogens (primary N) is 2. The van der Waals surface area contributed by atoms with E-state index < -0.39 is 16.1 Å². The third-order valence-electron chi connectivity index (χ3n) is 3.31. The van der Waals surface area contributed by atoms with Gasteiger partial charge in [-0.1, -0.05) is 0 Å². The smallest absolute Gasteiger partial charge is 0.251 e. The normalized spacial score (nSPS) is 19.7. The number of rotatable bonds is 3. The van der Waals surface area contributed by atoms with Crippen LogP contribution in [0.25, 0.3) is 0 Å². The van der Waals surface area contributed by atoms with Crippen LogP contribution in [0.1, 0.15) is 12.8 Å². The van der Waals surface area contributed by atoms with Crippen LogP contribution in [0.3, 0.4) is 0 Å². The Hall–Kier alpha value is -2.13. The fraction of sp³-hybridized carbons (Fsp3) is 0.333. The molecular formula is C12H16N4O4S. The Morgan fingerprint density at radius 1 is 1.33 bits per heavy atom. The highest BCUT2D eigenvalue weighted by atomic mass is 32.2. The van der Waals surface area contributed by atoms with Gasteiger partial charge >= 0.3 is 0 Å². The van der Waals surface area contributed by atoms with Crippen molar-refractivity contribution in [3.8, 4) is 0 Å². The first-order valence-corrected chi connectivity index (χ1v) is 7.74. The van der Waals surface area contributed by atoms with Crippen molar-refractivity contribution in [2.45, 2.75) is 23.8 Å². The topological polar surface area (TPSA) is 136 Å². The molecule has 0 radical (unpaired) electrons. The van der Waals surface area contributed by atoms with Crippen molar-refractivity contribution in [1.29, 1.82) is 0 Å². The van der Waals surface area contributed by atoms with Crippen LogP contribution in [0, 0.1) is 0 Å². The van der Waals surface area contributed by atoms with Crippen LogP contribution in [-0.4, -0.2) is 38.2 Å². The number of hydrogen-bond donors (Lipinski definition) is 3. The van der Waals surface area contributed by atoms with Crippen molar-refractivity contribution in [3.05, 3.63) is 18.2 Å². The fourth-order valence-electron chi connectivity index (χ4n) is 2.15. The van der Waals surface area contributed by atoms with E-state index in [1.165, 1.54) is 25.2 Å². The van der Waals surface area contributed by atoms with Crippen molar-refractivity contribution in [2.24, 2.45) is 5.14 Å². The first-order chi connectivity index (χ1) is 9.70. The van der Waals surface area contributed by atoms with Crippen LogP contribution < -0.4 is 16.2 Å². The lowest BCUT2D eigenvalue weighted by Crippen LogP contribution is -2.48. The molecule has 0 bridgehead atoms. The second-order valence-electron chi connectivity index (χ2n) is 4.82. The zero-order valence-electron chi connectivity index (χ0n) is 11.4. The molecule has 2 rings (SSSR count).